The molecule has 0 bridgehead atoms. The molecule has 0 unspecified atom stereocenters. The Bertz CT molecular complexity index is 892. The molecular weight excluding hydrogens is 356 g/mol. The summed E-state index contributed by atoms with van der Waals surface area (Å²) >= 11 is 5.77. The normalized spacial score (nSPS) is 11.0. The van der Waals surface area contributed by atoms with Crippen molar-refractivity contribution in [3.05, 3.63) is 58.4 Å². The number of rotatable bonds is 4. The number of ether oxygens (including phenoxy) is 1. The van der Waals surface area contributed by atoms with E-state index in [1.165, 1.54) is 36.4 Å². The van der Waals surface area contributed by atoms with Crippen LogP contribution < -0.4 is 4.72 Å². The van der Waals surface area contributed by atoms with Crippen LogP contribution in [0.15, 0.2) is 41.3 Å². The van der Waals surface area contributed by atoms with Gasteiger partial charge in [0, 0.05) is 0 Å². The molecule has 2 aromatic rings. The van der Waals surface area contributed by atoms with Crippen LogP contribution in [-0.4, -0.2) is 32.4 Å². The van der Waals surface area contributed by atoms with E-state index >= 15 is 0 Å². The number of hydrogen-bond donors (Lipinski definition) is 1. The fraction of sp³-hybridized carbons (Fsp3) is 0.133. The predicted octanol–water partition coefficient (Wildman–Crippen LogP) is 1.95. The summed E-state index contributed by atoms with van der Waals surface area (Å²) < 4.78 is 31.3. The molecule has 1 N–H and O–H groups in total. The molecule has 0 aliphatic rings. The molecule has 0 atom stereocenters. The molecule has 1 heterocycles. The Hall–Kier alpha value is -2.45. The van der Waals surface area contributed by atoms with Crippen LogP contribution in [0.5, 0.6) is 0 Å². The third kappa shape index (κ3) is 3.90. The zero-order chi connectivity index (χ0) is 17.9. The monoisotopic (exact) mass is 368 g/mol. The van der Waals surface area contributed by atoms with Crippen LogP contribution in [0.2, 0.25) is 5.15 Å². The molecule has 0 saturated heterocycles. The minimum atomic E-state index is -4.30. The summed E-state index contributed by atoms with van der Waals surface area (Å²) in [5.74, 6) is -1.79. The zero-order valence-corrected chi connectivity index (χ0v) is 14.3. The number of amides is 1. The molecule has 0 radical (unpaired) electrons. The Balaban J connectivity index is 2.39. The number of carbonyl (C=O) groups is 2. The number of halogens is 1. The Morgan fingerprint density at radius 1 is 1.21 bits per heavy atom. The average Bonchev–Trinajstić information content (AvgIpc) is 2.52. The molecule has 0 aliphatic heterocycles. The first kappa shape index (κ1) is 17.9. The van der Waals surface area contributed by atoms with Gasteiger partial charge in [-0.1, -0.05) is 23.7 Å². The maximum absolute atomic E-state index is 12.4. The quantitative estimate of drug-likeness (QED) is 0.653. The fourth-order valence-corrected chi connectivity index (χ4v) is 3.37. The van der Waals surface area contributed by atoms with Crippen molar-refractivity contribution in [3.8, 4) is 0 Å². The van der Waals surface area contributed by atoms with E-state index < -0.39 is 21.9 Å². The molecule has 0 spiro atoms. The van der Waals surface area contributed by atoms with Crippen LogP contribution in [0.1, 0.15) is 26.4 Å². The second-order valence-corrected chi connectivity index (χ2v) is 6.81. The number of hydrogen-bond acceptors (Lipinski definition) is 6. The molecule has 0 fully saturated rings. The molecule has 2 rings (SSSR count). The summed E-state index contributed by atoms with van der Waals surface area (Å²) in [6, 6.07) is 8.30. The van der Waals surface area contributed by atoms with Crippen molar-refractivity contribution in [2.45, 2.75) is 11.8 Å². The first-order valence-electron chi connectivity index (χ1n) is 6.63. The molecule has 7 nitrogen and oxygen atoms in total. The van der Waals surface area contributed by atoms with Crippen LogP contribution >= 0.6 is 11.6 Å². The van der Waals surface area contributed by atoms with Crippen molar-refractivity contribution >= 4 is 33.5 Å². The highest BCUT2D eigenvalue weighted by atomic mass is 35.5. The Morgan fingerprint density at radius 3 is 2.50 bits per heavy atom. The number of nitrogens with one attached hydrogen (secondary N) is 1. The van der Waals surface area contributed by atoms with E-state index in [0.29, 0.717) is 5.56 Å². The topological polar surface area (TPSA) is 102 Å². The molecule has 1 aromatic carbocycles. The first-order chi connectivity index (χ1) is 11.2. The van der Waals surface area contributed by atoms with Gasteiger partial charge in [0.15, 0.2) is 0 Å². The lowest BCUT2D eigenvalue weighted by atomic mass is 10.2. The summed E-state index contributed by atoms with van der Waals surface area (Å²) in [7, 11) is -3.17. The van der Waals surface area contributed by atoms with E-state index in [0.717, 1.165) is 7.11 Å². The van der Waals surface area contributed by atoms with Crippen molar-refractivity contribution in [1.29, 1.82) is 0 Å². The van der Waals surface area contributed by atoms with Gasteiger partial charge in [-0.05, 0) is 36.8 Å². The van der Waals surface area contributed by atoms with Gasteiger partial charge in [0.2, 0.25) is 0 Å². The van der Waals surface area contributed by atoms with Crippen molar-refractivity contribution in [2.75, 3.05) is 7.11 Å². The second kappa shape index (κ2) is 6.98. The minimum absolute atomic E-state index is 0.0625. The van der Waals surface area contributed by atoms with E-state index in [1.807, 2.05) is 4.72 Å². The number of pyridine rings is 1. The van der Waals surface area contributed by atoms with Crippen molar-refractivity contribution in [2.24, 2.45) is 0 Å². The van der Waals surface area contributed by atoms with Gasteiger partial charge in [-0.3, -0.25) is 4.79 Å². The lowest BCUT2D eigenvalue weighted by molar-refractivity contribution is 0.0596. The summed E-state index contributed by atoms with van der Waals surface area (Å²) in [6.45, 7) is 1.69. The van der Waals surface area contributed by atoms with Crippen LogP contribution in [0, 0.1) is 6.92 Å². The molecule has 0 aliphatic carbocycles. The third-order valence-electron chi connectivity index (χ3n) is 2.98. The van der Waals surface area contributed by atoms with E-state index in [9.17, 15) is 18.0 Å². The third-order valence-corrected chi connectivity index (χ3v) is 4.56. The predicted molar refractivity (Wildman–Crippen MR) is 86.4 cm³/mol. The Morgan fingerprint density at radius 2 is 1.88 bits per heavy atom. The zero-order valence-electron chi connectivity index (χ0n) is 12.7. The number of nitrogens with zero attached hydrogens (tertiary/aromatic N) is 1. The molecule has 1 amide bonds. The highest BCUT2D eigenvalue weighted by Gasteiger charge is 2.25. The van der Waals surface area contributed by atoms with Crippen molar-refractivity contribution in [1.82, 2.24) is 9.71 Å². The largest absolute Gasteiger partial charge is 0.465 e. The smallest absolute Gasteiger partial charge is 0.339 e. The molecule has 9 heteroatoms. The van der Waals surface area contributed by atoms with Crippen molar-refractivity contribution in [3.63, 3.8) is 0 Å². The van der Waals surface area contributed by atoms with Crippen LogP contribution in [0.3, 0.4) is 0 Å². The van der Waals surface area contributed by atoms with E-state index in [1.54, 1.807) is 6.92 Å². The Kier molecular flexibility index (Phi) is 5.20. The maximum Gasteiger partial charge on any atom is 0.339 e. The average molecular weight is 369 g/mol. The second-order valence-electron chi connectivity index (χ2n) is 4.77. The van der Waals surface area contributed by atoms with Gasteiger partial charge in [0.05, 0.1) is 12.7 Å². The molecule has 24 heavy (non-hydrogen) atoms. The van der Waals surface area contributed by atoms with E-state index in [2.05, 4.69) is 9.72 Å². The van der Waals surface area contributed by atoms with Crippen LogP contribution in [0.25, 0.3) is 0 Å². The Labute approximate surface area is 143 Å². The lowest BCUT2D eigenvalue weighted by Gasteiger charge is -2.10. The number of esters is 1. The van der Waals surface area contributed by atoms with Crippen LogP contribution in [0.4, 0.5) is 0 Å². The van der Waals surface area contributed by atoms with Gasteiger partial charge in [0.25, 0.3) is 15.9 Å². The van der Waals surface area contributed by atoms with Gasteiger partial charge in [-0.25, -0.2) is 22.9 Å². The molecular formula is C15H13ClN2O5S. The number of benzene rings is 1. The summed E-state index contributed by atoms with van der Waals surface area (Å²) in [4.78, 5) is 27.3. The standard InChI is InChI=1S/C15H13ClN2O5S/c1-9-7-11(17-13(16)8-9)14(19)18-24(21,22)12-6-4-3-5-10(12)15(20)23-2/h3-8H,1-2H3,(H,18,19). The number of sulfonamides is 1. The van der Waals surface area contributed by atoms with E-state index in [4.69, 9.17) is 11.6 Å². The fourth-order valence-electron chi connectivity index (χ4n) is 1.95. The highest BCUT2D eigenvalue weighted by molar-refractivity contribution is 7.90. The molecule has 126 valence electrons. The van der Waals surface area contributed by atoms with Crippen molar-refractivity contribution < 1.29 is 22.7 Å². The molecule has 0 saturated carbocycles. The summed E-state index contributed by atoms with van der Waals surface area (Å²) in [5.41, 5.74) is 0.308. The highest BCUT2D eigenvalue weighted by Crippen LogP contribution is 2.17. The number of aryl methyl sites for hydroxylation is 1. The van der Waals surface area contributed by atoms with Gasteiger partial charge in [-0.15, -0.1) is 0 Å². The van der Waals surface area contributed by atoms with Gasteiger partial charge in [-0.2, -0.15) is 0 Å². The first-order valence-corrected chi connectivity index (χ1v) is 8.49. The maximum atomic E-state index is 12.4. The summed E-state index contributed by atoms with van der Waals surface area (Å²) in [6.07, 6.45) is 0. The van der Waals surface area contributed by atoms with Crippen LogP contribution in [-0.2, 0) is 14.8 Å². The lowest BCUT2D eigenvalue weighted by Crippen LogP contribution is -2.32. The number of carbonyl (C=O) groups excluding carboxylic acids is 2. The van der Waals surface area contributed by atoms with E-state index in [-0.39, 0.29) is 21.3 Å². The van der Waals surface area contributed by atoms with Gasteiger partial charge < -0.3 is 4.74 Å². The SMILES string of the molecule is COC(=O)c1ccccc1S(=O)(=O)NC(=O)c1cc(C)cc(Cl)n1. The molecule has 1 aromatic heterocycles. The summed E-state index contributed by atoms with van der Waals surface area (Å²) in [5, 5.41) is 0.0625. The number of aromatic nitrogens is 1. The minimum Gasteiger partial charge on any atom is -0.465 e. The number of methoxy groups -OCH3 is 1. The van der Waals surface area contributed by atoms with Gasteiger partial charge in [0.1, 0.15) is 15.7 Å². The van der Waals surface area contributed by atoms with Gasteiger partial charge >= 0.3 is 5.97 Å².